The first-order valence-corrected chi connectivity index (χ1v) is 6.31. The highest BCUT2D eigenvalue weighted by Crippen LogP contribution is 2.41. The van der Waals surface area contributed by atoms with Crippen molar-refractivity contribution in [3.63, 3.8) is 0 Å². The Labute approximate surface area is 104 Å². The molecular formula is C12H16BrFN2. The van der Waals surface area contributed by atoms with Crippen molar-refractivity contribution in [1.29, 1.82) is 0 Å². The van der Waals surface area contributed by atoms with E-state index in [-0.39, 0.29) is 11.9 Å². The van der Waals surface area contributed by atoms with Crippen molar-refractivity contribution in [2.75, 3.05) is 0 Å². The van der Waals surface area contributed by atoms with Gasteiger partial charge in [-0.1, -0.05) is 28.9 Å². The summed E-state index contributed by atoms with van der Waals surface area (Å²) in [4.78, 5) is 0. The molecule has 1 aliphatic carbocycles. The van der Waals surface area contributed by atoms with E-state index in [0.29, 0.717) is 18.3 Å². The maximum absolute atomic E-state index is 13.6. The van der Waals surface area contributed by atoms with Crippen LogP contribution in [0.2, 0.25) is 0 Å². The largest absolute Gasteiger partial charge is 0.271 e. The molecule has 1 aromatic carbocycles. The second kappa shape index (κ2) is 4.82. The van der Waals surface area contributed by atoms with Gasteiger partial charge in [0.15, 0.2) is 0 Å². The van der Waals surface area contributed by atoms with Gasteiger partial charge in [0, 0.05) is 10.5 Å². The van der Waals surface area contributed by atoms with Gasteiger partial charge in [-0.25, -0.2) is 4.39 Å². The zero-order valence-electron chi connectivity index (χ0n) is 9.21. The van der Waals surface area contributed by atoms with Crippen LogP contribution in [0.15, 0.2) is 22.7 Å². The molecule has 0 saturated heterocycles. The maximum atomic E-state index is 13.6. The Morgan fingerprint density at radius 2 is 2.31 bits per heavy atom. The molecule has 1 aliphatic rings. The van der Waals surface area contributed by atoms with Gasteiger partial charge in [0.2, 0.25) is 0 Å². The van der Waals surface area contributed by atoms with Crippen molar-refractivity contribution in [1.82, 2.24) is 5.43 Å². The summed E-state index contributed by atoms with van der Waals surface area (Å²) in [5.41, 5.74) is 3.53. The second-order valence-corrected chi connectivity index (χ2v) is 5.51. The maximum Gasteiger partial charge on any atom is 0.127 e. The van der Waals surface area contributed by atoms with E-state index in [9.17, 15) is 4.39 Å². The molecule has 88 valence electrons. The first-order chi connectivity index (χ1) is 7.61. The van der Waals surface area contributed by atoms with E-state index in [1.165, 1.54) is 12.5 Å². The van der Waals surface area contributed by atoms with Gasteiger partial charge in [0.25, 0.3) is 0 Å². The molecule has 0 spiro atoms. The molecule has 2 rings (SSSR count). The Kier molecular flexibility index (Phi) is 3.62. The molecule has 3 N–H and O–H groups in total. The lowest BCUT2D eigenvalue weighted by atomic mass is 10.0. The Balaban J connectivity index is 2.07. The standard InChI is InChI=1S/C12H16BrFN2/c1-7-4-10(7)12(16-15)5-8-2-3-9(13)6-11(8)14/h2-3,6-7,10,12,16H,4-5,15H2,1H3. The third-order valence-corrected chi connectivity index (χ3v) is 3.85. The molecule has 4 heteroatoms. The second-order valence-electron chi connectivity index (χ2n) is 4.59. The minimum Gasteiger partial charge on any atom is -0.271 e. The van der Waals surface area contributed by atoms with Crippen LogP contribution in [0, 0.1) is 17.7 Å². The van der Waals surface area contributed by atoms with Gasteiger partial charge in [-0.15, -0.1) is 0 Å². The lowest BCUT2D eigenvalue weighted by Crippen LogP contribution is -2.39. The summed E-state index contributed by atoms with van der Waals surface area (Å²) >= 11 is 3.25. The van der Waals surface area contributed by atoms with Crippen LogP contribution in [0.4, 0.5) is 4.39 Å². The number of hydrogen-bond acceptors (Lipinski definition) is 2. The van der Waals surface area contributed by atoms with Crippen LogP contribution < -0.4 is 11.3 Å². The van der Waals surface area contributed by atoms with Gasteiger partial charge in [-0.05, 0) is 42.4 Å². The van der Waals surface area contributed by atoms with Gasteiger partial charge in [-0.3, -0.25) is 11.3 Å². The Bertz CT molecular complexity index is 383. The van der Waals surface area contributed by atoms with Crippen molar-refractivity contribution in [2.24, 2.45) is 17.7 Å². The molecule has 0 radical (unpaired) electrons. The Hall–Kier alpha value is -0.450. The van der Waals surface area contributed by atoms with Gasteiger partial charge in [-0.2, -0.15) is 0 Å². The van der Waals surface area contributed by atoms with Crippen molar-refractivity contribution in [2.45, 2.75) is 25.8 Å². The van der Waals surface area contributed by atoms with E-state index < -0.39 is 0 Å². The molecule has 0 aliphatic heterocycles. The summed E-state index contributed by atoms with van der Waals surface area (Å²) in [6.07, 6.45) is 1.84. The zero-order chi connectivity index (χ0) is 11.7. The summed E-state index contributed by atoms with van der Waals surface area (Å²) in [5.74, 6) is 6.66. The van der Waals surface area contributed by atoms with E-state index in [1.54, 1.807) is 0 Å². The van der Waals surface area contributed by atoms with Gasteiger partial charge < -0.3 is 0 Å². The molecular weight excluding hydrogens is 271 g/mol. The van der Waals surface area contributed by atoms with Crippen LogP contribution in [-0.2, 0) is 6.42 Å². The highest BCUT2D eigenvalue weighted by molar-refractivity contribution is 9.10. The fraction of sp³-hybridized carbons (Fsp3) is 0.500. The quantitative estimate of drug-likeness (QED) is 0.660. The number of benzene rings is 1. The van der Waals surface area contributed by atoms with Crippen LogP contribution >= 0.6 is 15.9 Å². The molecule has 1 aromatic rings. The monoisotopic (exact) mass is 286 g/mol. The van der Waals surface area contributed by atoms with Crippen LogP contribution in [0.1, 0.15) is 18.9 Å². The minimum atomic E-state index is -0.164. The van der Waals surface area contributed by atoms with E-state index in [0.717, 1.165) is 10.0 Å². The molecule has 3 atom stereocenters. The van der Waals surface area contributed by atoms with E-state index >= 15 is 0 Å². The van der Waals surface area contributed by atoms with Gasteiger partial charge in [0.05, 0.1) is 0 Å². The number of halogens is 2. The van der Waals surface area contributed by atoms with Crippen LogP contribution in [-0.4, -0.2) is 6.04 Å². The zero-order valence-corrected chi connectivity index (χ0v) is 10.8. The average Bonchev–Trinajstić information content (AvgIpc) is 2.94. The molecule has 1 fully saturated rings. The lowest BCUT2D eigenvalue weighted by molar-refractivity contribution is 0.446. The number of nitrogens with two attached hydrogens (primary N) is 1. The third-order valence-electron chi connectivity index (χ3n) is 3.36. The summed E-state index contributed by atoms with van der Waals surface area (Å²) in [6, 6.07) is 5.36. The number of rotatable bonds is 4. The third kappa shape index (κ3) is 2.62. The van der Waals surface area contributed by atoms with Crippen LogP contribution in [0.5, 0.6) is 0 Å². The predicted octanol–water partition coefficient (Wildman–Crippen LogP) is 2.62. The smallest absolute Gasteiger partial charge is 0.127 e. The van der Waals surface area contributed by atoms with Crippen LogP contribution in [0.25, 0.3) is 0 Å². The Morgan fingerprint density at radius 1 is 1.62 bits per heavy atom. The van der Waals surface area contributed by atoms with Crippen molar-refractivity contribution < 1.29 is 4.39 Å². The summed E-state index contributed by atoms with van der Waals surface area (Å²) < 4.78 is 14.4. The van der Waals surface area contributed by atoms with Gasteiger partial charge >= 0.3 is 0 Å². The van der Waals surface area contributed by atoms with Gasteiger partial charge in [0.1, 0.15) is 5.82 Å². The predicted molar refractivity (Wildman–Crippen MR) is 66.2 cm³/mol. The molecule has 1 saturated carbocycles. The lowest BCUT2D eigenvalue weighted by Gasteiger charge is -2.16. The number of nitrogens with one attached hydrogen (secondary N) is 1. The van der Waals surface area contributed by atoms with E-state index in [2.05, 4.69) is 28.3 Å². The first kappa shape index (κ1) is 12.0. The molecule has 16 heavy (non-hydrogen) atoms. The highest BCUT2D eigenvalue weighted by atomic mass is 79.9. The average molecular weight is 287 g/mol. The number of hydrazine groups is 1. The van der Waals surface area contributed by atoms with Crippen molar-refractivity contribution in [3.8, 4) is 0 Å². The highest BCUT2D eigenvalue weighted by Gasteiger charge is 2.39. The number of hydrogen-bond donors (Lipinski definition) is 2. The fourth-order valence-electron chi connectivity index (χ4n) is 2.17. The summed E-state index contributed by atoms with van der Waals surface area (Å²) in [7, 11) is 0. The van der Waals surface area contributed by atoms with Crippen molar-refractivity contribution in [3.05, 3.63) is 34.1 Å². The summed E-state index contributed by atoms with van der Waals surface area (Å²) in [6.45, 7) is 2.20. The topological polar surface area (TPSA) is 38.0 Å². The Morgan fingerprint density at radius 3 is 2.81 bits per heavy atom. The summed E-state index contributed by atoms with van der Waals surface area (Å²) in [5, 5.41) is 0. The normalized spacial score (nSPS) is 25.5. The molecule has 0 bridgehead atoms. The fourth-order valence-corrected chi connectivity index (χ4v) is 2.50. The van der Waals surface area contributed by atoms with E-state index in [1.807, 2.05) is 12.1 Å². The molecule has 0 amide bonds. The first-order valence-electron chi connectivity index (χ1n) is 5.52. The molecule has 3 unspecified atom stereocenters. The van der Waals surface area contributed by atoms with E-state index in [4.69, 9.17) is 5.84 Å². The molecule has 2 nitrogen and oxygen atoms in total. The van der Waals surface area contributed by atoms with Crippen LogP contribution in [0.3, 0.4) is 0 Å². The minimum absolute atomic E-state index is 0.164. The molecule has 0 aromatic heterocycles. The molecule has 0 heterocycles. The SMILES string of the molecule is CC1CC1C(Cc1ccc(Br)cc1F)NN. The van der Waals surface area contributed by atoms with Crippen molar-refractivity contribution >= 4 is 15.9 Å².